The number of aromatic nitrogens is 1. The van der Waals surface area contributed by atoms with E-state index in [4.69, 9.17) is 0 Å². The summed E-state index contributed by atoms with van der Waals surface area (Å²) in [6.45, 7) is 0.192. The number of carbonyl (C=O) groups excluding carboxylic acids is 2. The van der Waals surface area contributed by atoms with Crippen LogP contribution in [0.1, 0.15) is 16.1 Å². The van der Waals surface area contributed by atoms with Gasteiger partial charge < -0.3 is 14.8 Å². The summed E-state index contributed by atoms with van der Waals surface area (Å²) in [4.78, 5) is 26.0. The van der Waals surface area contributed by atoms with Crippen molar-refractivity contribution in [2.75, 3.05) is 14.2 Å². The van der Waals surface area contributed by atoms with Gasteiger partial charge in [-0.15, -0.1) is 0 Å². The fourth-order valence-electron chi connectivity index (χ4n) is 1.05. The lowest BCUT2D eigenvalue weighted by atomic mass is 10.2. The van der Waals surface area contributed by atoms with Gasteiger partial charge >= 0.3 is 12.1 Å². The molecule has 1 amide bonds. The molecule has 0 aromatic carbocycles. The Labute approximate surface area is 92.6 Å². The molecular formula is C10H12N2O4. The van der Waals surface area contributed by atoms with Gasteiger partial charge in [-0.1, -0.05) is 0 Å². The van der Waals surface area contributed by atoms with Crippen LogP contribution in [0.15, 0.2) is 18.3 Å². The van der Waals surface area contributed by atoms with Crippen LogP contribution < -0.4 is 5.32 Å². The lowest BCUT2D eigenvalue weighted by molar-refractivity contribution is 0.0600. The SMILES string of the molecule is COC(=O)NCc1cc(C(=O)OC)ccn1. The van der Waals surface area contributed by atoms with Crippen molar-refractivity contribution >= 4 is 12.1 Å². The quantitative estimate of drug-likeness (QED) is 0.765. The predicted octanol–water partition coefficient (Wildman–Crippen LogP) is 0.724. The number of methoxy groups -OCH3 is 2. The zero-order valence-electron chi connectivity index (χ0n) is 9.02. The maximum Gasteiger partial charge on any atom is 0.407 e. The van der Waals surface area contributed by atoms with Gasteiger partial charge in [0, 0.05) is 6.20 Å². The molecule has 16 heavy (non-hydrogen) atoms. The number of carbonyl (C=O) groups is 2. The van der Waals surface area contributed by atoms with E-state index in [1.54, 1.807) is 6.07 Å². The number of rotatable bonds is 3. The zero-order chi connectivity index (χ0) is 12.0. The minimum atomic E-state index is -0.551. The highest BCUT2D eigenvalue weighted by Crippen LogP contribution is 2.03. The van der Waals surface area contributed by atoms with Crippen molar-refractivity contribution < 1.29 is 19.1 Å². The zero-order valence-corrected chi connectivity index (χ0v) is 9.02. The molecule has 0 aliphatic heterocycles. The monoisotopic (exact) mass is 224 g/mol. The Morgan fingerprint density at radius 3 is 2.75 bits per heavy atom. The van der Waals surface area contributed by atoms with Gasteiger partial charge in [-0.2, -0.15) is 0 Å². The summed E-state index contributed by atoms with van der Waals surface area (Å²) in [7, 11) is 2.57. The Morgan fingerprint density at radius 1 is 1.38 bits per heavy atom. The third-order valence-corrected chi connectivity index (χ3v) is 1.84. The molecule has 0 bridgehead atoms. The maximum atomic E-state index is 11.2. The number of nitrogens with zero attached hydrogens (tertiary/aromatic N) is 1. The Kier molecular flexibility index (Phi) is 4.26. The van der Waals surface area contributed by atoms with Gasteiger partial charge in [-0.05, 0) is 12.1 Å². The van der Waals surface area contributed by atoms with E-state index >= 15 is 0 Å². The predicted molar refractivity (Wildman–Crippen MR) is 54.8 cm³/mol. The average Bonchev–Trinajstić information content (AvgIpc) is 2.35. The molecule has 1 N–H and O–H groups in total. The molecule has 0 saturated carbocycles. The molecule has 6 nitrogen and oxygen atoms in total. The molecule has 0 aliphatic carbocycles. The number of hydrogen-bond acceptors (Lipinski definition) is 5. The Morgan fingerprint density at radius 2 is 2.12 bits per heavy atom. The van der Waals surface area contributed by atoms with Gasteiger partial charge in [-0.25, -0.2) is 9.59 Å². The van der Waals surface area contributed by atoms with Gasteiger partial charge in [0.1, 0.15) is 0 Å². The summed E-state index contributed by atoms with van der Waals surface area (Å²) >= 11 is 0. The van der Waals surface area contributed by atoms with Crippen LogP contribution >= 0.6 is 0 Å². The first-order chi connectivity index (χ1) is 7.67. The second-order valence-corrected chi connectivity index (χ2v) is 2.87. The Bertz CT molecular complexity index is 392. The molecule has 0 fully saturated rings. The molecule has 1 aromatic heterocycles. The van der Waals surface area contributed by atoms with Crippen molar-refractivity contribution in [1.82, 2.24) is 10.3 Å². The van der Waals surface area contributed by atoms with E-state index in [1.165, 1.54) is 26.5 Å². The van der Waals surface area contributed by atoms with E-state index < -0.39 is 12.1 Å². The number of esters is 1. The van der Waals surface area contributed by atoms with Crippen molar-refractivity contribution in [1.29, 1.82) is 0 Å². The fraction of sp³-hybridized carbons (Fsp3) is 0.300. The van der Waals surface area contributed by atoms with E-state index in [9.17, 15) is 9.59 Å². The molecule has 0 saturated heterocycles. The topological polar surface area (TPSA) is 77.5 Å². The van der Waals surface area contributed by atoms with Gasteiger partial charge in [0.05, 0.1) is 32.0 Å². The standard InChI is InChI=1S/C10H12N2O4/c1-15-9(13)7-3-4-11-8(5-7)6-12-10(14)16-2/h3-5H,6H2,1-2H3,(H,12,14). The van der Waals surface area contributed by atoms with E-state index in [2.05, 4.69) is 19.8 Å². The van der Waals surface area contributed by atoms with Gasteiger partial charge in [0.15, 0.2) is 0 Å². The first-order valence-corrected chi connectivity index (χ1v) is 4.52. The molecule has 1 rings (SSSR count). The van der Waals surface area contributed by atoms with Crippen LogP contribution in [-0.2, 0) is 16.0 Å². The van der Waals surface area contributed by atoms with Crippen LogP contribution in [-0.4, -0.2) is 31.3 Å². The molecule has 0 aliphatic rings. The van der Waals surface area contributed by atoms with Crippen molar-refractivity contribution in [3.63, 3.8) is 0 Å². The number of ether oxygens (including phenoxy) is 2. The minimum absolute atomic E-state index is 0.192. The van der Waals surface area contributed by atoms with Crippen molar-refractivity contribution in [3.05, 3.63) is 29.6 Å². The molecule has 6 heteroatoms. The third kappa shape index (κ3) is 3.23. The number of pyridine rings is 1. The highest BCUT2D eigenvalue weighted by molar-refractivity contribution is 5.89. The van der Waals surface area contributed by atoms with E-state index in [1.807, 2.05) is 0 Å². The molecular weight excluding hydrogens is 212 g/mol. The number of hydrogen-bond donors (Lipinski definition) is 1. The van der Waals surface area contributed by atoms with Crippen molar-refractivity contribution in [2.24, 2.45) is 0 Å². The first kappa shape index (κ1) is 12.0. The van der Waals surface area contributed by atoms with Gasteiger partial charge in [0.25, 0.3) is 0 Å². The van der Waals surface area contributed by atoms with Crippen LogP contribution in [0.3, 0.4) is 0 Å². The maximum absolute atomic E-state index is 11.2. The largest absolute Gasteiger partial charge is 0.465 e. The average molecular weight is 224 g/mol. The van der Waals surface area contributed by atoms with Gasteiger partial charge in [-0.3, -0.25) is 4.98 Å². The van der Waals surface area contributed by atoms with Gasteiger partial charge in [0.2, 0.25) is 0 Å². The summed E-state index contributed by atoms with van der Waals surface area (Å²) in [5.74, 6) is -0.443. The molecule has 86 valence electrons. The summed E-state index contributed by atoms with van der Waals surface area (Å²) in [6.07, 6.45) is 0.922. The summed E-state index contributed by atoms with van der Waals surface area (Å²) in [5.41, 5.74) is 0.937. The fourth-order valence-corrected chi connectivity index (χ4v) is 1.05. The molecule has 0 spiro atoms. The van der Waals surface area contributed by atoms with Crippen LogP contribution in [0, 0.1) is 0 Å². The molecule has 0 atom stereocenters. The molecule has 1 aromatic rings. The molecule has 1 heterocycles. The van der Waals surface area contributed by atoms with Crippen LogP contribution in [0.2, 0.25) is 0 Å². The summed E-state index contributed by atoms with van der Waals surface area (Å²) in [5, 5.41) is 2.46. The van der Waals surface area contributed by atoms with Crippen LogP contribution in [0.25, 0.3) is 0 Å². The highest BCUT2D eigenvalue weighted by Gasteiger charge is 2.07. The lowest BCUT2D eigenvalue weighted by Crippen LogP contribution is -2.23. The number of alkyl carbamates (subject to hydrolysis) is 1. The second kappa shape index (κ2) is 5.69. The minimum Gasteiger partial charge on any atom is -0.465 e. The Balaban J connectivity index is 2.67. The molecule has 0 radical (unpaired) electrons. The lowest BCUT2D eigenvalue weighted by Gasteiger charge is -2.04. The van der Waals surface area contributed by atoms with Crippen molar-refractivity contribution in [3.8, 4) is 0 Å². The van der Waals surface area contributed by atoms with E-state index in [0.29, 0.717) is 11.3 Å². The normalized spacial score (nSPS) is 9.38. The van der Waals surface area contributed by atoms with E-state index in [-0.39, 0.29) is 6.54 Å². The molecule has 0 unspecified atom stereocenters. The smallest absolute Gasteiger partial charge is 0.407 e. The van der Waals surface area contributed by atoms with Crippen molar-refractivity contribution in [2.45, 2.75) is 6.54 Å². The summed E-state index contributed by atoms with van der Waals surface area (Å²) in [6, 6.07) is 3.08. The van der Waals surface area contributed by atoms with Crippen LogP contribution in [0.5, 0.6) is 0 Å². The van der Waals surface area contributed by atoms with Crippen LogP contribution in [0.4, 0.5) is 4.79 Å². The highest BCUT2D eigenvalue weighted by atomic mass is 16.5. The Hall–Kier alpha value is -2.11. The number of nitrogens with one attached hydrogen (secondary N) is 1. The third-order valence-electron chi connectivity index (χ3n) is 1.84. The summed E-state index contributed by atoms with van der Waals surface area (Å²) < 4.78 is 8.96. The number of amides is 1. The first-order valence-electron chi connectivity index (χ1n) is 4.52. The van der Waals surface area contributed by atoms with E-state index in [0.717, 1.165) is 0 Å². The second-order valence-electron chi connectivity index (χ2n) is 2.87.